The molecule has 5 nitrogen and oxygen atoms in total. The van der Waals surface area contributed by atoms with E-state index in [-0.39, 0.29) is 11.9 Å². The summed E-state index contributed by atoms with van der Waals surface area (Å²) in [4.78, 5) is 32.6. The summed E-state index contributed by atoms with van der Waals surface area (Å²) in [5.41, 5.74) is 1.67. The molecule has 0 aromatic heterocycles. The molecule has 30 heavy (non-hydrogen) atoms. The highest BCUT2D eigenvalue weighted by Gasteiger charge is 2.57. The topological polar surface area (TPSA) is 43.9 Å². The van der Waals surface area contributed by atoms with E-state index in [1.807, 2.05) is 36.1 Å². The summed E-state index contributed by atoms with van der Waals surface area (Å²) in [6.45, 7) is 9.67. The number of piperidine rings is 1. The zero-order valence-corrected chi connectivity index (χ0v) is 18.2. The number of carbonyl (C=O) groups is 2. The first-order valence-electron chi connectivity index (χ1n) is 10.9. The Morgan fingerprint density at radius 1 is 1.07 bits per heavy atom. The standard InChI is InChI=1S/C25H31N3O2/c1-4-19(3)17-26-15-13-25(14-16-26)23(29)27(24(30)28(25)5-2)18-21-11-8-10-20-9-6-7-12-22(20)21/h4,6-12H,5,13-18H2,1-3H3/b19-4+. The second-order valence-electron chi connectivity index (χ2n) is 8.50. The summed E-state index contributed by atoms with van der Waals surface area (Å²) in [5.74, 6) is -0.0234. The number of urea groups is 1. The van der Waals surface area contributed by atoms with Crippen molar-refractivity contribution >= 4 is 22.7 Å². The molecule has 3 amide bonds. The Labute approximate surface area is 178 Å². The Hall–Kier alpha value is -2.66. The second kappa shape index (κ2) is 8.23. The molecule has 0 radical (unpaired) electrons. The zero-order valence-electron chi connectivity index (χ0n) is 18.2. The van der Waals surface area contributed by atoms with Crippen LogP contribution in [0, 0.1) is 0 Å². The first-order valence-corrected chi connectivity index (χ1v) is 10.9. The smallest absolute Gasteiger partial charge is 0.310 e. The van der Waals surface area contributed by atoms with E-state index >= 15 is 0 Å². The van der Waals surface area contributed by atoms with Crippen LogP contribution in [0.2, 0.25) is 0 Å². The fourth-order valence-electron chi connectivity index (χ4n) is 4.97. The van der Waals surface area contributed by atoms with Crippen molar-refractivity contribution in [3.63, 3.8) is 0 Å². The van der Waals surface area contributed by atoms with Crippen LogP contribution < -0.4 is 0 Å². The van der Waals surface area contributed by atoms with Crippen LogP contribution in [-0.4, -0.2) is 58.4 Å². The van der Waals surface area contributed by atoms with Crippen molar-refractivity contribution < 1.29 is 9.59 Å². The lowest BCUT2D eigenvalue weighted by atomic mass is 9.85. The maximum absolute atomic E-state index is 13.6. The van der Waals surface area contributed by atoms with E-state index in [2.05, 4.69) is 43.0 Å². The third-order valence-corrected chi connectivity index (χ3v) is 6.80. The summed E-state index contributed by atoms with van der Waals surface area (Å²) in [6.07, 6.45) is 3.54. The Balaban J connectivity index is 1.58. The molecule has 5 heteroatoms. The maximum atomic E-state index is 13.6. The molecular weight excluding hydrogens is 374 g/mol. The largest absolute Gasteiger partial charge is 0.327 e. The average molecular weight is 406 g/mol. The fourth-order valence-corrected chi connectivity index (χ4v) is 4.97. The van der Waals surface area contributed by atoms with E-state index in [1.165, 1.54) is 10.5 Å². The van der Waals surface area contributed by atoms with E-state index in [4.69, 9.17) is 0 Å². The molecule has 2 aliphatic heterocycles. The van der Waals surface area contributed by atoms with Gasteiger partial charge in [0.2, 0.25) is 0 Å². The molecule has 0 atom stereocenters. The third kappa shape index (κ3) is 3.41. The number of carbonyl (C=O) groups excluding carboxylic acids is 2. The number of imide groups is 1. The van der Waals surface area contributed by atoms with Crippen molar-refractivity contribution in [3.8, 4) is 0 Å². The minimum atomic E-state index is -0.684. The van der Waals surface area contributed by atoms with Gasteiger partial charge in [0.1, 0.15) is 5.54 Å². The van der Waals surface area contributed by atoms with Gasteiger partial charge in [-0.25, -0.2) is 4.79 Å². The number of fused-ring (bicyclic) bond motifs is 1. The molecule has 0 aliphatic carbocycles. The molecule has 4 rings (SSSR count). The predicted molar refractivity (Wildman–Crippen MR) is 120 cm³/mol. The molecule has 1 spiro atoms. The number of hydrogen-bond acceptors (Lipinski definition) is 3. The molecule has 2 aromatic carbocycles. The van der Waals surface area contributed by atoms with Gasteiger partial charge in [-0.3, -0.25) is 14.6 Å². The summed E-state index contributed by atoms with van der Waals surface area (Å²) in [7, 11) is 0. The fraction of sp³-hybridized carbons (Fsp3) is 0.440. The van der Waals surface area contributed by atoms with Gasteiger partial charge in [-0.1, -0.05) is 54.1 Å². The molecule has 2 aliphatic rings. The van der Waals surface area contributed by atoms with Crippen molar-refractivity contribution in [1.29, 1.82) is 0 Å². The summed E-state index contributed by atoms with van der Waals surface area (Å²) in [5, 5.41) is 2.23. The lowest BCUT2D eigenvalue weighted by Gasteiger charge is -2.42. The molecule has 2 saturated heterocycles. The lowest BCUT2D eigenvalue weighted by molar-refractivity contribution is -0.135. The van der Waals surface area contributed by atoms with E-state index < -0.39 is 5.54 Å². The second-order valence-corrected chi connectivity index (χ2v) is 8.50. The minimum Gasteiger partial charge on any atom is -0.310 e. The van der Waals surface area contributed by atoms with E-state index in [1.54, 1.807) is 0 Å². The molecule has 0 N–H and O–H groups in total. The van der Waals surface area contributed by atoms with Crippen molar-refractivity contribution in [2.45, 2.75) is 45.7 Å². The first-order chi connectivity index (χ1) is 14.5. The molecule has 2 heterocycles. The molecule has 0 bridgehead atoms. The van der Waals surface area contributed by atoms with Gasteiger partial charge in [0.05, 0.1) is 6.54 Å². The van der Waals surface area contributed by atoms with Crippen LogP contribution in [0.4, 0.5) is 4.79 Å². The van der Waals surface area contributed by atoms with E-state index in [9.17, 15) is 9.59 Å². The summed E-state index contributed by atoms with van der Waals surface area (Å²) < 4.78 is 0. The number of nitrogens with zero attached hydrogens (tertiary/aromatic N) is 3. The Morgan fingerprint density at radius 2 is 1.77 bits per heavy atom. The van der Waals surface area contributed by atoms with Gasteiger partial charge in [-0.15, -0.1) is 0 Å². The van der Waals surface area contributed by atoms with Gasteiger partial charge >= 0.3 is 6.03 Å². The zero-order chi connectivity index (χ0) is 21.3. The molecule has 2 aromatic rings. The quantitative estimate of drug-likeness (QED) is 0.546. The van der Waals surface area contributed by atoms with Gasteiger partial charge in [-0.05, 0) is 49.9 Å². The van der Waals surface area contributed by atoms with Crippen LogP contribution >= 0.6 is 0 Å². The Morgan fingerprint density at radius 3 is 2.47 bits per heavy atom. The SMILES string of the molecule is C/C=C(\C)CN1CCC2(CC1)C(=O)N(Cc1cccc3ccccc13)C(=O)N2CC. The van der Waals surface area contributed by atoms with Crippen LogP contribution in [0.5, 0.6) is 0 Å². The monoisotopic (exact) mass is 405 g/mol. The summed E-state index contributed by atoms with van der Waals surface area (Å²) in [6, 6.07) is 14.1. The first kappa shape index (κ1) is 20.6. The molecule has 2 fully saturated rings. The van der Waals surface area contributed by atoms with Crippen LogP contribution in [0.25, 0.3) is 10.8 Å². The van der Waals surface area contributed by atoms with Crippen LogP contribution in [0.15, 0.2) is 54.1 Å². The number of rotatable bonds is 5. The van der Waals surface area contributed by atoms with Crippen LogP contribution in [0.1, 0.15) is 39.2 Å². The number of amides is 3. The number of hydrogen-bond donors (Lipinski definition) is 0. The minimum absolute atomic E-state index is 0.0234. The molecule has 0 saturated carbocycles. The molecule has 158 valence electrons. The predicted octanol–water partition coefficient (Wildman–Crippen LogP) is 4.42. The van der Waals surface area contributed by atoms with Gasteiger partial charge in [-0.2, -0.15) is 0 Å². The average Bonchev–Trinajstić information content (AvgIpc) is 2.96. The number of benzene rings is 2. The normalized spacial score (nSPS) is 20.0. The van der Waals surface area contributed by atoms with Crippen molar-refractivity contribution in [2.24, 2.45) is 0 Å². The van der Waals surface area contributed by atoms with Gasteiger partial charge in [0.15, 0.2) is 0 Å². The highest BCUT2D eigenvalue weighted by Crippen LogP contribution is 2.38. The van der Waals surface area contributed by atoms with E-state index in [0.29, 0.717) is 25.9 Å². The number of likely N-dealkylation sites (tertiary alicyclic amines) is 1. The Kier molecular flexibility index (Phi) is 5.65. The highest BCUT2D eigenvalue weighted by atomic mass is 16.2. The molecular formula is C25H31N3O2. The van der Waals surface area contributed by atoms with Gasteiger partial charge in [0, 0.05) is 26.2 Å². The van der Waals surface area contributed by atoms with Gasteiger partial charge in [0.25, 0.3) is 5.91 Å². The third-order valence-electron chi connectivity index (χ3n) is 6.80. The van der Waals surface area contributed by atoms with Gasteiger partial charge < -0.3 is 4.90 Å². The van der Waals surface area contributed by atoms with Crippen molar-refractivity contribution in [1.82, 2.24) is 14.7 Å². The highest BCUT2D eigenvalue weighted by molar-refractivity contribution is 6.07. The maximum Gasteiger partial charge on any atom is 0.327 e. The van der Waals surface area contributed by atoms with Crippen LogP contribution in [0.3, 0.4) is 0 Å². The number of allylic oxidation sites excluding steroid dienone is 1. The van der Waals surface area contributed by atoms with E-state index in [0.717, 1.165) is 36.0 Å². The molecule has 0 unspecified atom stereocenters. The van der Waals surface area contributed by atoms with Crippen molar-refractivity contribution in [3.05, 3.63) is 59.7 Å². The Bertz CT molecular complexity index is 984. The summed E-state index contributed by atoms with van der Waals surface area (Å²) >= 11 is 0. The lowest BCUT2D eigenvalue weighted by Crippen LogP contribution is -2.56. The van der Waals surface area contributed by atoms with Crippen molar-refractivity contribution in [2.75, 3.05) is 26.2 Å². The number of likely N-dealkylation sites (N-methyl/N-ethyl adjacent to an activating group) is 1. The van der Waals surface area contributed by atoms with Crippen LogP contribution in [-0.2, 0) is 11.3 Å².